The summed E-state index contributed by atoms with van der Waals surface area (Å²) >= 11 is 0. The number of amides is 1. The van der Waals surface area contributed by atoms with E-state index in [-0.39, 0.29) is 23.5 Å². The van der Waals surface area contributed by atoms with E-state index < -0.39 is 0 Å². The molecule has 5 heteroatoms. The molecule has 0 radical (unpaired) electrons. The second-order valence-corrected chi connectivity index (χ2v) is 6.99. The van der Waals surface area contributed by atoms with Crippen LogP contribution in [0.1, 0.15) is 64.3 Å². The van der Waals surface area contributed by atoms with Crippen LogP contribution >= 0.6 is 0 Å². The van der Waals surface area contributed by atoms with Gasteiger partial charge < -0.3 is 9.88 Å². The number of rotatable bonds is 3. The predicted octanol–water partition coefficient (Wildman–Crippen LogP) is 2.34. The van der Waals surface area contributed by atoms with Crippen molar-refractivity contribution in [1.82, 2.24) is 20.2 Å². The molecule has 3 rings (SSSR count). The van der Waals surface area contributed by atoms with Crippen LogP contribution in [0.5, 0.6) is 0 Å². The van der Waals surface area contributed by atoms with Crippen LogP contribution in [0, 0.1) is 0 Å². The second-order valence-electron chi connectivity index (χ2n) is 6.99. The molecular formula is C17H28N4O. The van der Waals surface area contributed by atoms with E-state index in [0.717, 1.165) is 37.2 Å². The Morgan fingerprint density at radius 3 is 2.77 bits per heavy atom. The summed E-state index contributed by atoms with van der Waals surface area (Å²) in [6, 6.07) is 0.109. The number of imidazole rings is 1. The highest BCUT2D eigenvalue weighted by molar-refractivity contribution is 5.83. The van der Waals surface area contributed by atoms with Crippen molar-refractivity contribution in [3.05, 3.63) is 17.7 Å². The van der Waals surface area contributed by atoms with Gasteiger partial charge in [0.05, 0.1) is 23.6 Å². The van der Waals surface area contributed by atoms with Gasteiger partial charge in [0.25, 0.3) is 0 Å². The van der Waals surface area contributed by atoms with Crippen LogP contribution in [0.2, 0.25) is 0 Å². The number of aromatic nitrogens is 2. The van der Waals surface area contributed by atoms with Gasteiger partial charge in [-0.25, -0.2) is 4.98 Å². The van der Waals surface area contributed by atoms with Crippen molar-refractivity contribution >= 4 is 5.91 Å². The average molecular weight is 304 g/mol. The first kappa shape index (κ1) is 15.5. The number of carbonyl (C=O) groups excluding carboxylic acids is 1. The summed E-state index contributed by atoms with van der Waals surface area (Å²) in [5.74, 6) is 0.225. The molecule has 2 N–H and O–H groups in total. The van der Waals surface area contributed by atoms with Crippen molar-refractivity contribution in [2.24, 2.45) is 0 Å². The fourth-order valence-corrected chi connectivity index (χ4v) is 4.21. The van der Waals surface area contributed by atoms with Gasteiger partial charge in [0.15, 0.2) is 0 Å². The molecule has 2 aliphatic rings. The summed E-state index contributed by atoms with van der Waals surface area (Å²) in [5.41, 5.74) is 2.21. The second kappa shape index (κ2) is 6.03. The maximum absolute atomic E-state index is 13.0. The van der Waals surface area contributed by atoms with Crippen molar-refractivity contribution in [3.8, 4) is 0 Å². The van der Waals surface area contributed by atoms with E-state index >= 15 is 0 Å². The zero-order chi connectivity index (χ0) is 15.7. The normalized spacial score (nSPS) is 23.5. The Bertz CT molecular complexity index is 531. The topological polar surface area (TPSA) is 61.0 Å². The number of carbonyl (C=O) groups is 1. The monoisotopic (exact) mass is 304 g/mol. The quantitative estimate of drug-likeness (QED) is 0.901. The molecule has 1 aromatic heterocycles. The lowest BCUT2D eigenvalue weighted by atomic mass is 9.75. The Balaban J connectivity index is 1.88. The molecule has 1 spiro atoms. The molecule has 1 aromatic rings. The number of nitrogens with zero attached hydrogens (tertiary/aromatic N) is 2. The lowest BCUT2D eigenvalue weighted by Crippen LogP contribution is -2.60. The number of hydrogen-bond donors (Lipinski definition) is 2. The van der Waals surface area contributed by atoms with Crippen LogP contribution in [0.15, 0.2) is 6.33 Å². The van der Waals surface area contributed by atoms with Gasteiger partial charge in [0.1, 0.15) is 0 Å². The summed E-state index contributed by atoms with van der Waals surface area (Å²) in [5, 5.41) is 3.71. The van der Waals surface area contributed by atoms with Gasteiger partial charge in [-0.1, -0.05) is 19.3 Å². The summed E-state index contributed by atoms with van der Waals surface area (Å²) in [6.45, 7) is 6.99. The highest BCUT2D eigenvalue weighted by Gasteiger charge is 2.45. The molecule has 1 fully saturated rings. The zero-order valence-electron chi connectivity index (χ0n) is 14.0. The maximum Gasteiger partial charge on any atom is 0.240 e. The van der Waals surface area contributed by atoms with Crippen LogP contribution < -0.4 is 5.32 Å². The summed E-state index contributed by atoms with van der Waals surface area (Å²) in [4.78, 5) is 22.8. The van der Waals surface area contributed by atoms with Crippen LogP contribution in [0.4, 0.5) is 0 Å². The Labute approximate surface area is 132 Å². The Morgan fingerprint density at radius 1 is 1.41 bits per heavy atom. The minimum absolute atomic E-state index is 0.0947. The van der Waals surface area contributed by atoms with E-state index in [4.69, 9.17) is 0 Å². The van der Waals surface area contributed by atoms with Crippen molar-refractivity contribution in [2.45, 2.75) is 76.9 Å². The summed E-state index contributed by atoms with van der Waals surface area (Å²) in [7, 11) is 0. The van der Waals surface area contributed by atoms with Gasteiger partial charge in [-0.15, -0.1) is 0 Å². The molecular weight excluding hydrogens is 276 g/mol. The third-order valence-electron chi connectivity index (χ3n) is 5.28. The molecule has 0 aromatic carbocycles. The molecule has 0 unspecified atom stereocenters. The molecule has 2 heterocycles. The average Bonchev–Trinajstić information content (AvgIpc) is 2.98. The van der Waals surface area contributed by atoms with Gasteiger partial charge in [0.2, 0.25) is 5.91 Å². The standard InChI is InChI=1S/C17H28N4O/c1-4-21(12(2)3)16(22)14-10-13-15(19-11-18-13)17(20-14)8-6-5-7-9-17/h11-12,14,20H,4-10H2,1-3H3,(H,18,19)/t14-/m0/s1. The Kier molecular flexibility index (Phi) is 4.26. The van der Waals surface area contributed by atoms with E-state index in [2.05, 4.69) is 36.1 Å². The first-order valence-corrected chi connectivity index (χ1v) is 8.68. The van der Waals surface area contributed by atoms with Crippen molar-refractivity contribution in [2.75, 3.05) is 6.54 Å². The van der Waals surface area contributed by atoms with Gasteiger partial charge in [-0.2, -0.15) is 0 Å². The van der Waals surface area contributed by atoms with Crippen molar-refractivity contribution in [3.63, 3.8) is 0 Å². The lowest BCUT2D eigenvalue weighted by Gasteiger charge is -2.44. The highest BCUT2D eigenvalue weighted by Crippen LogP contribution is 2.40. The first-order chi connectivity index (χ1) is 10.6. The predicted molar refractivity (Wildman–Crippen MR) is 86.5 cm³/mol. The van der Waals surface area contributed by atoms with Crippen LogP contribution in [-0.2, 0) is 16.8 Å². The van der Waals surface area contributed by atoms with Crippen molar-refractivity contribution < 1.29 is 4.79 Å². The summed E-state index contributed by atoms with van der Waals surface area (Å²) < 4.78 is 0. The minimum atomic E-state index is -0.131. The van der Waals surface area contributed by atoms with Crippen LogP contribution in [-0.4, -0.2) is 39.4 Å². The Hall–Kier alpha value is -1.36. The molecule has 122 valence electrons. The minimum Gasteiger partial charge on any atom is -0.348 e. The SMILES string of the molecule is CCN(C(=O)[C@@H]1Cc2[nH]cnc2C2(CCCCC2)N1)C(C)C. The highest BCUT2D eigenvalue weighted by atomic mass is 16.2. The molecule has 1 aliphatic heterocycles. The lowest BCUT2D eigenvalue weighted by molar-refractivity contribution is -0.136. The van der Waals surface area contributed by atoms with Gasteiger partial charge >= 0.3 is 0 Å². The molecule has 22 heavy (non-hydrogen) atoms. The third-order valence-corrected chi connectivity index (χ3v) is 5.28. The van der Waals surface area contributed by atoms with E-state index in [9.17, 15) is 4.79 Å². The molecule has 1 amide bonds. The maximum atomic E-state index is 13.0. The van der Waals surface area contributed by atoms with Crippen LogP contribution in [0.25, 0.3) is 0 Å². The van der Waals surface area contributed by atoms with E-state index in [0.29, 0.717) is 0 Å². The van der Waals surface area contributed by atoms with Gasteiger partial charge in [-0.05, 0) is 33.6 Å². The Morgan fingerprint density at radius 2 is 2.14 bits per heavy atom. The number of nitrogens with one attached hydrogen (secondary N) is 2. The van der Waals surface area contributed by atoms with Gasteiger partial charge in [-0.3, -0.25) is 10.1 Å². The number of H-pyrrole nitrogens is 1. The van der Waals surface area contributed by atoms with E-state index in [1.807, 2.05) is 4.90 Å². The fourth-order valence-electron chi connectivity index (χ4n) is 4.21. The molecule has 0 saturated heterocycles. The van der Waals surface area contributed by atoms with E-state index in [1.165, 1.54) is 19.3 Å². The third kappa shape index (κ3) is 2.56. The molecule has 0 bridgehead atoms. The smallest absolute Gasteiger partial charge is 0.240 e. The van der Waals surface area contributed by atoms with Gasteiger partial charge in [0, 0.05) is 24.7 Å². The molecule has 5 nitrogen and oxygen atoms in total. The number of likely N-dealkylation sites (N-methyl/N-ethyl adjacent to an activating group) is 1. The first-order valence-electron chi connectivity index (χ1n) is 8.68. The number of fused-ring (bicyclic) bond motifs is 2. The molecule has 1 aliphatic carbocycles. The molecule has 1 saturated carbocycles. The summed E-state index contributed by atoms with van der Waals surface area (Å²) in [6.07, 6.45) is 8.39. The van der Waals surface area contributed by atoms with Crippen LogP contribution in [0.3, 0.4) is 0 Å². The number of aromatic amines is 1. The molecule has 1 atom stereocenters. The number of hydrogen-bond acceptors (Lipinski definition) is 3. The van der Waals surface area contributed by atoms with E-state index in [1.54, 1.807) is 6.33 Å². The van der Waals surface area contributed by atoms with Crippen molar-refractivity contribution in [1.29, 1.82) is 0 Å². The zero-order valence-corrected chi connectivity index (χ0v) is 14.0. The fraction of sp³-hybridized carbons (Fsp3) is 0.765. The largest absolute Gasteiger partial charge is 0.348 e.